The number of halogens is 6. The van der Waals surface area contributed by atoms with Crippen LogP contribution >= 0.6 is 0 Å². The largest absolute Gasteiger partial charge is 0.416 e. The van der Waals surface area contributed by atoms with Gasteiger partial charge in [0.15, 0.2) is 0 Å². The molecular weight excluding hydrogens is 474 g/mol. The second-order valence-corrected chi connectivity index (χ2v) is 8.75. The van der Waals surface area contributed by atoms with Crippen LogP contribution in [0.4, 0.5) is 26.3 Å². The lowest BCUT2D eigenvalue weighted by Gasteiger charge is -2.42. The van der Waals surface area contributed by atoms with Gasteiger partial charge in [-0.05, 0) is 56.0 Å². The van der Waals surface area contributed by atoms with Crippen molar-refractivity contribution in [2.45, 2.75) is 50.7 Å². The molecule has 2 N–H and O–H groups in total. The van der Waals surface area contributed by atoms with E-state index in [2.05, 4.69) is 10.6 Å². The highest BCUT2D eigenvalue weighted by Gasteiger charge is 2.40. The van der Waals surface area contributed by atoms with E-state index in [9.17, 15) is 31.1 Å². The molecule has 35 heavy (non-hydrogen) atoms. The molecule has 1 saturated heterocycles. The Kier molecular flexibility index (Phi) is 8.16. The van der Waals surface area contributed by atoms with E-state index in [0.717, 1.165) is 5.56 Å². The van der Waals surface area contributed by atoms with Gasteiger partial charge in [-0.2, -0.15) is 26.3 Å². The molecule has 3 atom stereocenters. The van der Waals surface area contributed by atoms with Crippen LogP contribution in [0.2, 0.25) is 0 Å². The van der Waals surface area contributed by atoms with Crippen molar-refractivity contribution in [2.24, 2.45) is 5.92 Å². The molecule has 0 aromatic heterocycles. The third-order valence-corrected chi connectivity index (χ3v) is 6.31. The zero-order chi connectivity index (χ0) is 25.9. The predicted molar refractivity (Wildman–Crippen MR) is 118 cm³/mol. The third kappa shape index (κ3) is 6.55. The summed E-state index contributed by atoms with van der Waals surface area (Å²) in [6.45, 7) is 4.12. The minimum atomic E-state index is -4.93. The Morgan fingerprint density at radius 3 is 2.17 bits per heavy atom. The molecule has 1 amide bonds. The first-order chi connectivity index (χ1) is 16.4. The average Bonchev–Trinajstić information content (AvgIpc) is 2.82. The van der Waals surface area contributed by atoms with Gasteiger partial charge in [-0.3, -0.25) is 4.79 Å². The van der Waals surface area contributed by atoms with Crippen LogP contribution < -0.4 is 10.6 Å². The number of alkyl halides is 6. The molecule has 0 bridgehead atoms. The van der Waals surface area contributed by atoms with Gasteiger partial charge in [-0.25, -0.2) is 0 Å². The van der Waals surface area contributed by atoms with Gasteiger partial charge in [0, 0.05) is 13.1 Å². The Morgan fingerprint density at radius 1 is 1.09 bits per heavy atom. The highest BCUT2D eigenvalue weighted by atomic mass is 19.4. The molecule has 0 radical (unpaired) electrons. The molecular formula is C25H28F6N2O2. The summed E-state index contributed by atoms with van der Waals surface area (Å²) in [7, 11) is 0. The molecule has 3 rings (SSSR count). The van der Waals surface area contributed by atoms with Crippen LogP contribution in [0.25, 0.3) is 0 Å². The fourth-order valence-electron chi connectivity index (χ4n) is 4.26. The van der Waals surface area contributed by atoms with Gasteiger partial charge in [0.1, 0.15) is 0 Å². The summed E-state index contributed by atoms with van der Waals surface area (Å²) in [5.74, 6) is -0.318. The lowest BCUT2D eigenvalue weighted by atomic mass is 9.79. The first-order valence-electron chi connectivity index (χ1n) is 11.3. The Hall–Kier alpha value is -2.59. The summed E-state index contributed by atoms with van der Waals surface area (Å²) in [5, 5.41) is 6.17. The summed E-state index contributed by atoms with van der Waals surface area (Å²) in [6.07, 6.45) is -9.85. The highest BCUT2D eigenvalue weighted by molar-refractivity contribution is 5.79. The fraction of sp³-hybridized carbons (Fsp3) is 0.480. The summed E-state index contributed by atoms with van der Waals surface area (Å²) in [5.41, 5.74) is -2.85. The van der Waals surface area contributed by atoms with E-state index in [1.54, 1.807) is 0 Å². The molecule has 1 heterocycles. The summed E-state index contributed by atoms with van der Waals surface area (Å²) < 4.78 is 85.5. The van der Waals surface area contributed by atoms with Crippen molar-refractivity contribution in [1.82, 2.24) is 10.6 Å². The lowest BCUT2D eigenvalue weighted by molar-refractivity contribution is -0.143. The zero-order valence-corrected chi connectivity index (χ0v) is 19.4. The number of hydrogen-bond acceptors (Lipinski definition) is 3. The molecule has 1 unspecified atom stereocenters. The number of ether oxygens (including phenoxy) is 1. The van der Waals surface area contributed by atoms with E-state index >= 15 is 0 Å². The quantitative estimate of drug-likeness (QED) is 0.469. The smallest absolute Gasteiger partial charge is 0.372 e. The van der Waals surface area contributed by atoms with Crippen molar-refractivity contribution in [1.29, 1.82) is 0 Å². The van der Waals surface area contributed by atoms with Crippen LogP contribution in [-0.4, -0.2) is 25.6 Å². The van der Waals surface area contributed by atoms with Crippen molar-refractivity contribution in [2.75, 3.05) is 19.7 Å². The molecule has 1 aliphatic rings. The second kappa shape index (κ2) is 10.6. The number of rotatable bonds is 7. The normalized spacial score (nSPS) is 22.0. The van der Waals surface area contributed by atoms with Crippen LogP contribution in [-0.2, 0) is 27.4 Å². The molecule has 4 nitrogen and oxygen atoms in total. The highest BCUT2D eigenvalue weighted by Crippen LogP contribution is 2.39. The van der Waals surface area contributed by atoms with Gasteiger partial charge in [0.25, 0.3) is 0 Å². The standard InChI is InChI=1S/C25H28F6N2O2/c1-3-32-22(34)17-9-10-23(33-14-17,19-7-5-4-6-8-19)15-35-16(2)18-11-20(24(26,27)28)13-21(12-18)25(29,30)31/h4-8,11-13,16-17,33H,3,9-10,14-15H2,1-2H3,(H,32,34)/t16-,17?,23-/m1/s1. The summed E-state index contributed by atoms with van der Waals surface area (Å²) in [6, 6.07) is 10.7. The first kappa shape index (κ1) is 27.0. The maximum Gasteiger partial charge on any atom is 0.416 e. The molecule has 2 aromatic carbocycles. The number of hydrogen-bond donors (Lipinski definition) is 2. The molecule has 0 saturated carbocycles. The minimum absolute atomic E-state index is 0.00209. The van der Waals surface area contributed by atoms with Gasteiger partial charge >= 0.3 is 12.4 Å². The first-order valence-corrected chi connectivity index (χ1v) is 11.3. The molecule has 0 spiro atoms. The van der Waals surface area contributed by atoms with Gasteiger partial charge in [0.2, 0.25) is 5.91 Å². The minimum Gasteiger partial charge on any atom is -0.372 e. The predicted octanol–water partition coefficient (Wildman–Crippen LogP) is 5.83. The molecule has 192 valence electrons. The van der Waals surface area contributed by atoms with Gasteiger partial charge < -0.3 is 15.4 Å². The fourth-order valence-corrected chi connectivity index (χ4v) is 4.26. The Bertz CT molecular complexity index is 967. The van der Waals surface area contributed by atoms with E-state index in [1.807, 2.05) is 37.3 Å². The molecule has 0 aliphatic carbocycles. The molecule has 1 aliphatic heterocycles. The molecule has 1 fully saturated rings. The molecule has 2 aromatic rings. The van der Waals surface area contributed by atoms with Gasteiger partial charge in [0.05, 0.1) is 35.3 Å². The summed E-state index contributed by atoms with van der Waals surface area (Å²) >= 11 is 0. The average molecular weight is 502 g/mol. The van der Waals surface area contributed by atoms with E-state index in [4.69, 9.17) is 4.74 Å². The van der Waals surface area contributed by atoms with Crippen LogP contribution in [0.5, 0.6) is 0 Å². The Balaban J connectivity index is 1.84. The van der Waals surface area contributed by atoms with Crippen LogP contribution in [0, 0.1) is 5.92 Å². The van der Waals surface area contributed by atoms with Gasteiger partial charge in [-0.15, -0.1) is 0 Å². The Morgan fingerprint density at radius 2 is 1.69 bits per heavy atom. The van der Waals surface area contributed by atoms with Crippen LogP contribution in [0.3, 0.4) is 0 Å². The number of benzene rings is 2. The Labute approximate surface area is 200 Å². The number of carbonyl (C=O) groups is 1. The second-order valence-electron chi connectivity index (χ2n) is 8.75. The van der Waals surface area contributed by atoms with Crippen molar-refractivity contribution in [3.8, 4) is 0 Å². The SMILES string of the molecule is CCNC(=O)C1CC[C@@](CO[C@H](C)c2cc(C(F)(F)F)cc(C(F)(F)F)c2)(c2ccccc2)NC1. The topological polar surface area (TPSA) is 50.4 Å². The number of carbonyl (C=O) groups excluding carboxylic acids is 1. The number of amides is 1. The maximum atomic E-state index is 13.3. The van der Waals surface area contributed by atoms with Crippen molar-refractivity contribution < 1.29 is 35.9 Å². The maximum absolute atomic E-state index is 13.3. The van der Waals surface area contributed by atoms with Crippen LogP contribution in [0.15, 0.2) is 48.5 Å². The monoisotopic (exact) mass is 502 g/mol. The van der Waals surface area contributed by atoms with E-state index in [0.29, 0.717) is 38.1 Å². The van der Waals surface area contributed by atoms with E-state index in [1.165, 1.54) is 6.92 Å². The van der Waals surface area contributed by atoms with Crippen LogP contribution in [0.1, 0.15) is 55.0 Å². The van der Waals surface area contributed by atoms with Crippen molar-refractivity contribution in [3.63, 3.8) is 0 Å². The van der Waals surface area contributed by atoms with Crippen molar-refractivity contribution >= 4 is 5.91 Å². The summed E-state index contributed by atoms with van der Waals surface area (Å²) in [4.78, 5) is 12.3. The lowest BCUT2D eigenvalue weighted by Crippen LogP contribution is -2.54. The zero-order valence-electron chi connectivity index (χ0n) is 19.4. The third-order valence-electron chi connectivity index (χ3n) is 6.31. The van der Waals surface area contributed by atoms with E-state index in [-0.39, 0.29) is 30.1 Å². The van der Waals surface area contributed by atoms with E-state index < -0.39 is 35.1 Å². The number of nitrogens with one attached hydrogen (secondary N) is 2. The molecule has 10 heteroatoms. The van der Waals surface area contributed by atoms with Crippen molar-refractivity contribution in [3.05, 3.63) is 70.8 Å². The van der Waals surface area contributed by atoms with Gasteiger partial charge in [-0.1, -0.05) is 30.3 Å². The number of piperidine rings is 1.